The standard InChI is InChI=1S/C13H17N3O/c1-3-16-11-7-5-4-6-10(11)15-13(16)8-12(17)9(2)14/h4-7,9H,3,8,14H2,1-2H3. The SMILES string of the molecule is CCn1c(CC(=O)C(C)N)nc2ccccc21. The number of hydrogen-bond acceptors (Lipinski definition) is 3. The fourth-order valence-electron chi connectivity index (χ4n) is 1.93. The molecule has 1 aromatic carbocycles. The number of hydrogen-bond donors (Lipinski definition) is 1. The predicted octanol–water partition coefficient (Wildman–Crippen LogP) is 1.51. The summed E-state index contributed by atoms with van der Waals surface area (Å²) in [4.78, 5) is 16.2. The van der Waals surface area contributed by atoms with E-state index < -0.39 is 6.04 Å². The van der Waals surface area contributed by atoms with Gasteiger partial charge in [-0.1, -0.05) is 12.1 Å². The van der Waals surface area contributed by atoms with E-state index in [9.17, 15) is 4.79 Å². The Hall–Kier alpha value is -1.68. The van der Waals surface area contributed by atoms with Gasteiger partial charge in [0.25, 0.3) is 0 Å². The maximum atomic E-state index is 11.7. The van der Waals surface area contributed by atoms with E-state index in [1.54, 1.807) is 6.92 Å². The predicted molar refractivity (Wildman–Crippen MR) is 67.8 cm³/mol. The Labute approximate surface area is 100 Å². The van der Waals surface area contributed by atoms with Gasteiger partial charge in [0, 0.05) is 6.54 Å². The molecule has 90 valence electrons. The zero-order valence-electron chi connectivity index (χ0n) is 10.2. The molecule has 0 fully saturated rings. The number of benzene rings is 1. The highest BCUT2D eigenvalue weighted by Crippen LogP contribution is 2.16. The Balaban J connectivity index is 2.43. The quantitative estimate of drug-likeness (QED) is 0.867. The van der Waals surface area contributed by atoms with E-state index in [4.69, 9.17) is 5.73 Å². The molecule has 1 aromatic heterocycles. The molecule has 4 heteroatoms. The van der Waals surface area contributed by atoms with Crippen LogP contribution < -0.4 is 5.73 Å². The third-order valence-electron chi connectivity index (χ3n) is 2.89. The highest BCUT2D eigenvalue weighted by Gasteiger charge is 2.15. The van der Waals surface area contributed by atoms with Crippen LogP contribution in [-0.2, 0) is 17.8 Å². The maximum absolute atomic E-state index is 11.7. The third kappa shape index (κ3) is 2.22. The van der Waals surface area contributed by atoms with E-state index in [2.05, 4.69) is 9.55 Å². The summed E-state index contributed by atoms with van der Waals surface area (Å²) in [5, 5.41) is 0. The van der Waals surface area contributed by atoms with Crippen molar-refractivity contribution in [3.05, 3.63) is 30.1 Å². The molecular weight excluding hydrogens is 214 g/mol. The van der Waals surface area contributed by atoms with Crippen LogP contribution in [0.3, 0.4) is 0 Å². The average molecular weight is 231 g/mol. The maximum Gasteiger partial charge on any atom is 0.156 e. The van der Waals surface area contributed by atoms with Crippen LogP contribution in [0.5, 0.6) is 0 Å². The van der Waals surface area contributed by atoms with Crippen molar-refractivity contribution in [3.63, 3.8) is 0 Å². The molecule has 2 N–H and O–H groups in total. The number of fused-ring (bicyclic) bond motifs is 1. The summed E-state index contributed by atoms with van der Waals surface area (Å²) in [5.41, 5.74) is 7.59. The Morgan fingerprint density at radius 2 is 2.18 bits per heavy atom. The summed E-state index contributed by atoms with van der Waals surface area (Å²) in [6, 6.07) is 7.48. The van der Waals surface area contributed by atoms with Gasteiger partial charge in [0.15, 0.2) is 5.78 Å². The first-order valence-electron chi connectivity index (χ1n) is 5.86. The molecule has 2 aromatic rings. The first-order valence-corrected chi connectivity index (χ1v) is 5.86. The minimum atomic E-state index is -0.430. The fraction of sp³-hybridized carbons (Fsp3) is 0.385. The van der Waals surface area contributed by atoms with Crippen LogP contribution in [0.4, 0.5) is 0 Å². The Kier molecular flexibility index (Phi) is 3.24. The van der Waals surface area contributed by atoms with E-state index in [0.717, 1.165) is 23.4 Å². The van der Waals surface area contributed by atoms with E-state index in [1.165, 1.54) is 0 Å². The molecule has 1 unspecified atom stereocenters. The Morgan fingerprint density at radius 3 is 2.82 bits per heavy atom. The number of aryl methyl sites for hydroxylation is 1. The average Bonchev–Trinajstić information content (AvgIpc) is 2.65. The molecule has 4 nitrogen and oxygen atoms in total. The zero-order valence-corrected chi connectivity index (χ0v) is 10.2. The van der Waals surface area contributed by atoms with Gasteiger partial charge in [-0.05, 0) is 26.0 Å². The minimum absolute atomic E-state index is 0.0232. The van der Waals surface area contributed by atoms with Crippen molar-refractivity contribution in [2.45, 2.75) is 32.9 Å². The number of nitrogens with two attached hydrogens (primary N) is 1. The van der Waals surface area contributed by atoms with Gasteiger partial charge in [-0.15, -0.1) is 0 Å². The summed E-state index contributed by atoms with van der Waals surface area (Å²) in [5.74, 6) is 0.825. The molecule has 0 amide bonds. The van der Waals surface area contributed by atoms with Crippen molar-refractivity contribution in [2.75, 3.05) is 0 Å². The van der Waals surface area contributed by atoms with Gasteiger partial charge in [-0.3, -0.25) is 4.79 Å². The number of Topliss-reactive ketones (excluding diaryl/α,β-unsaturated/α-hetero) is 1. The van der Waals surface area contributed by atoms with E-state index >= 15 is 0 Å². The van der Waals surface area contributed by atoms with Crippen LogP contribution in [0, 0.1) is 0 Å². The lowest BCUT2D eigenvalue weighted by atomic mass is 10.1. The van der Waals surface area contributed by atoms with Crippen LogP contribution in [0.2, 0.25) is 0 Å². The second kappa shape index (κ2) is 4.67. The normalized spacial score (nSPS) is 12.9. The number of carbonyl (C=O) groups excluding carboxylic acids is 1. The lowest BCUT2D eigenvalue weighted by Gasteiger charge is -2.07. The van der Waals surface area contributed by atoms with Crippen molar-refractivity contribution in [1.82, 2.24) is 9.55 Å². The number of ketones is 1. The molecule has 0 aliphatic carbocycles. The van der Waals surface area contributed by atoms with Crippen LogP contribution >= 0.6 is 0 Å². The highest BCUT2D eigenvalue weighted by atomic mass is 16.1. The van der Waals surface area contributed by atoms with Gasteiger partial charge in [-0.25, -0.2) is 4.98 Å². The van der Waals surface area contributed by atoms with E-state index in [-0.39, 0.29) is 5.78 Å². The summed E-state index contributed by atoms with van der Waals surface area (Å²) in [6.45, 7) is 4.57. The molecule has 0 spiro atoms. The summed E-state index contributed by atoms with van der Waals surface area (Å²) < 4.78 is 2.07. The molecule has 1 atom stereocenters. The van der Waals surface area contributed by atoms with Crippen molar-refractivity contribution < 1.29 is 4.79 Å². The zero-order chi connectivity index (χ0) is 12.4. The lowest BCUT2D eigenvalue weighted by molar-refractivity contribution is -0.119. The number of imidazole rings is 1. The van der Waals surface area contributed by atoms with Crippen molar-refractivity contribution in [1.29, 1.82) is 0 Å². The lowest BCUT2D eigenvalue weighted by Crippen LogP contribution is -2.29. The van der Waals surface area contributed by atoms with Gasteiger partial charge in [-0.2, -0.15) is 0 Å². The number of rotatable bonds is 4. The summed E-state index contributed by atoms with van der Waals surface area (Å²) in [6.07, 6.45) is 0.306. The second-order valence-electron chi connectivity index (χ2n) is 4.19. The molecule has 0 saturated carbocycles. The van der Waals surface area contributed by atoms with Crippen molar-refractivity contribution in [2.24, 2.45) is 5.73 Å². The van der Waals surface area contributed by atoms with E-state index in [0.29, 0.717) is 6.42 Å². The molecule has 0 radical (unpaired) electrons. The van der Waals surface area contributed by atoms with Crippen LogP contribution in [0.1, 0.15) is 19.7 Å². The molecule has 0 aliphatic heterocycles. The van der Waals surface area contributed by atoms with Crippen molar-refractivity contribution >= 4 is 16.8 Å². The highest BCUT2D eigenvalue weighted by molar-refractivity contribution is 5.86. The minimum Gasteiger partial charge on any atom is -0.328 e. The van der Waals surface area contributed by atoms with Crippen LogP contribution in [0.25, 0.3) is 11.0 Å². The number of para-hydroxylation sites is 2. The van der Waals surface area contributed by atoms with Gasteiger partial charge in [0.05, 0.1) is 23.5 Å². The van der Waals surface area contributed by atoms with Gasteiger partial charge in [0.2, 0.25) is 0 Å². The number of aromatic nitrogens is 2. The monoisotopic (exact) mass is 231 g/mol. The fourth-order valence-corrected chi connectivity index (χ4v) is 1.93. The number of carbonyl (C=O) groups is 1. The Bertz CT molecular complexity index is 543. The topological polar surface area (TPSA) is 60.9 Å². The molecule has 17 heavy (non-hydrogen) atoms. The van der Waals surface area contributed by atoms with Crippen LogP contribution in [-0.4, -0.2) is 21.4 Å². The molecule has 0 saturated heterocycles. The summed E-state index contributed by atoms with van der Waals surface area (Å²) in [7, 11) is 0. The Morgan fingerprint density at radius 1 is 1.47 bits per heavy atom. The van der Waals surface area contributed by atoms with E-state index in [1.807, 2.05) is 31.2 Å². The van der Waals surface area contributed by atoms with Gasteiger partial charge in [0.1, 0.15) is 5.82 Å². The second-order valence-corrected chi connectivity index (χ2v) is 4.19. The largest absolute Gasteiger partial charge is 0.328 e. The van der Waals surface area contributed by atoms with Crippen molar-refractivity contribution in [3.8, 4) is 0 Å². The molecule has 0 bridgehead atoms. The molecule has 0 aliphatic rings. The summed E-state index contributed by atoms with van der Waals surface area (Å²) >= 11 is 0. The molecule has 1 heterocycles. The van der Waals surface area contributed by atoms with Crippen LogP contribution in [0.15, 0.2) is 24.3 Å². The van der Waals surface area contributed by atoms with Gasteiger partial charge >= 0.3 is 0 Å². The van der Waals surface area contributed by atoms with Gasteiger partial charge < -0.3 is 10.3 Å². The smallest absolute Gasteiger partial charge is 0.156 e. The molecular formula is C13H17N3O. The number of nitrogens with zero attached hydrogens (tertiary/aromatic N) is 2. The molecule has 2 rings (SSSR count). The first-order chi connectivity index (χ1) is 8.13. The third-order valence-corrected chi connectivity index (χ3v) is 2.89. The first kappa shape index (κ1) is 11.8.